The summed E-state index contributed by atoms with van der Waals surface area (Å²) in [6, 6.07) is 8.87. The number of halogens is 1. The van der Waals surface area contributed by atoms with E-state index in [-0.39, 0.29) is 11.1 Å². The monoisotopic (exact) mass is 551 g/mol. The average molecular weight is 552 g/mol. The van der Waals surface area contributed by atoms with Crippen LogP contribution < -0.4 is 5.32 Å². The van der Waals surface area contributed by atoms with Gasteiger partial charge >= 0.3 is 0 Å². The van der Waals surface area contributed by atoms with Crippen LogP contribution in [0.2, 0.25) is 0 Å². The third-order valence-electron chi connectivity index (χ3n) is 5.13. The predicted octanol–water partition coefficient (Wildman–Crippen LogP) is 1.20. The first kappa shape index (κ1) is 26.1. The summed E-state index contributed by atoms with van der Waals surface area (Å²) in [7, 11) is -15.2. The maximum absolute atomic E-state index is 13.0. The van der Waals surface area contributed by atoms with Gasteiger partial charge in [0.2, 0.25) is 4.08 Å². The molecule has 34 heavy (non-hydrogen) atoms. The van der Waals surface area contributed by atoms with E-state index in [2.05, 4.69) is 5.32 Å². The molecule has 1 aliphatic carbocycles. The van der Waals surface area contributed by atoms with Crippen LogP contribution in [0.4, 0.5) is 0 Å². The summed E-state index contributed by atoms with van der Waals surface area (Å²) in [5.41, 5.74) is -1.12. The van der Waals surface area contributed by atoms with Crippen LogP contribution in [-0.2, 0) is 36.5 Å². The lowest BCUT2D eigenvalue weighted by atomic mass is 9.92. The highest BCUT2D eigenvalue weighted by atomic mass is 35.5. The molecular formula is C19H18ClNO10S3. The zero-order chi connectivity index (χ0) is 25.5. The fraction of sp³-hybridized carbons (Fsp3) is 0.211. The SMILES string of the molecule is O=C(NC1=CC(S(=O)(=O)O)(S(=O)(=O)CCCl)Cc2cc(S(=O)(=O)O)cc(O)c21)c1ccccc1. The van der Waals surface area contributed by atoms with Gasteiger partial charge in [-0.05, 0) is 29.8 Å². The van der Waals surface area contributed by atoms with Gasteiger partial charge in [0, 0.05) is 29.5 Å². The molecule has 15 heteroatoms. The summed E-state index contributed by atoms with van der Waals surface area (Å²) < 4.78 is 90.5. The van der Waals surface area contributed by atoms with Gasteiger partial charge in [-0.2, -0.15) is 16.8 Å². The number of phenolic OH excluding ortho intramolecular Hbond substituents is 1. The number of nitrogens with one attached hydrogen (secondary N) is 1. The quantitative estimate of drug-likeness (QED) is 0.287. The topological polar surface area (TPSA) is 192 Å². The Morgan fingerprint density at radius 3 is 2.18 bits per heavy atom. The fourth-order valence-corrected chi connectivity index (χ4v) is 8.07. The van der Waals surface area contributed by atoms with Gasteiger partial charge in [0.25, 0.3) is 26.1 Å². The number of sulfone groups is 1. The molecule has 0 aliphatic heterocycles. The number of hydrogen-bond acceptors (Lipinski definition) is 8. The number of phenols is 1. The number of rotatable bonds is 7. The molecule has 3 rings (SSSR count). The van der Waals surface area contributed by atoms with Crippen LogP contribution in [0.15, 0.2) is 53.4 Å². The maximum Gasteiger partial charge on any atom is 0.294 e. The molecule has 184 valence electrons. The van der Waals surface area contributed by atoms with Crippen LogP contribution in [-0.4, -0.2) is 61.1 Å². The van der Waals surface area contributed by atoms with Crippen LogP contribution in [0.3, 0.4) is 0 Å². The largest absolute Gasteiger partial charge is 0.507 e. The molecule has 1 aliphatic rings. The first-order valence-electron chi connectivity index (χ1n) is 9.31. The average Bonchev–Trinajstić information content (AvgIpc) is 2.72. The summed E-state index contributed by atoms with van der Waals surface area (Å²) in [6.45, 7) is 0. The van der Waals surface area contributed by atoms with E-state index in [1.807, 2.05) is 0 Å². The van der Waals surface area contributed by atoms with Crippen molar-refractivity contribution in [3.8, 4) is 5.75 Å². The third kappa shape index (κ3) is 4.69. The molecule has 4 N–H and O–H groups in total. The van der Waals surface area contributed by atoms with E-state index in [0.717, 1.165) is 6.07 Å². The molecule has 0 saturated carbocycles. The minimum Gasteiger partial charge on any atom is -0.507 e. The Morgan fingerprint density at radius 2 is 1.65 bits per heavy atom. The molecule has 11 nitrogen and oxygen atoms in total. The number of aromatic hydroxyl groups is 1. The summed E-state index contributed by atoms with van der Waals surface area (Å²) in [6.07, 6.45) is -0.470. The van der Waals surface area contributed by atoms with Gasteiger partial charge in [-0.1, -0.05) is 18.2 Å². The van der Waals surface area contributed by atoms with Crippen molar-refractivity contribution in [2.24, 2.45) is 0 Å². The molecule has 2 aromatic carbocycles. The second kappa shape index (κ2) is 8.94. The Kier molecular flexibility index (Phi) is 6.87. The Morgan fingerprint density at radius 1 is 1.03 bits per heavy atom. The molecule has 0 fully saturated rings. The summed E-state index contributed by atoms with van der Waals surface area (Å²) in [4.78, 5) is 11.9. The standard InChI is InChI=1S/C19H18ClNO10S3/c20-6-7-32(24,25)19(34(29,30)31)10-13-8-14(33(26,27)28)9-16(22)17(13)15(11-19)21-18(23)12-4-2-1-3-5-12/h1-5,8-9,11,22H,6-7,10H2,(H,21,23)(H,26,27,28)(H,29,30,31). The second-order valence-electron chi connectivity index (χ2n) is 7.30. The minimum absolute atomic E-state index is 0.0886. The Hall–Kier alpha value is -2.49. The zero-order valence-electron chi connectivity index (χ0n) is 17.0. The molecule has 0 saturated heterocycles. The second-order valence-corrected chi connectivity index (χ2v) is 13.4. The van der Waals surface area contributed by atoms with E-state index in [4.69, 9.17) is 11.6 Å². The molecule has 2 aromatic rings. The number of carbonyl (C=O) groups is 1. The van der Waals surface area contributed by atoms with Crippen molar-refractivity contribution in [1.82, 2.24) is 5.32 Å². The van der Waals surface area contributed by atoms with Crippen molar-refractivity contribution in [3.63, 3.8) is 0 Å². The molecule has 1 atom stereocenters. The van der Waals surface area contributed by atoms with Gasteiger partial charge < -0.3 is 10.4 Å². The summed E-state index contributed by atoms with van der Waals surface area (Å²) >= 11 is 5.53. The van der Waals surface area contributed by atoms with Crippen LogP contribution in [0, 0.1) is 0 Å². The molecular weight excluding hydrogens is 534 g/mol. The number of carbonyl (C=O) groups excluding carboxylic acids is 1. The Balaban J connectivity index is 2.35. The van der Waals surface area contributed by atoms with E-state index in [0.29, 0.717) is 12.1 Å². The maximum atomic E-state index is 13.0. The van der Waals surface area contributed by atoms with Crippen LogP contribution in [0.25, 0.3) is 5.70 Å². The summed E-state index contributed by atoms with van der Waals surface area (Å²) in [5.74, 6) is -3.06. The van der Waals surface area contributed by atoms with E-state index in [9.17, 15) is 44.3 Å². The first-order valence-corrected chi connectivity index (χ1v) is 14.4. The highest BCUT2D eigenvalue weighted by Crippen LogP contribution is 2.43. The molecule has 1 unspecified atom stereocenters. The van der Waals surface area contributed by atoms with Gasteiger partial charge in [-0.15, -0.1) is 11.6 Å². The van der Waals surface area contributed by atoms with Crippen molar-refractivity contribution in [2.75, 3.05) is 11.6 Å². The van der Waals surface area contributed by atoms with E-state index < -0.39 is 80.0 Å². The molecule has 0 radical (unpaired) electrons. The van der Waals surface area contributed by atoms with Gasteiger partial charge in [-0.25, -0.2) is 8.42 Å². The molecule has 0 bridgehead atoms. The fourth-order valence-electron chi connectivity index (χ4n) is 3.55. The van der Waals surface area contributed by atoms with Crippen LogP contribution >= 0.6 is 11.6 Å². The van der Waals surface area contributed by atoms with Gasteiger partial charge in [-0.3, -0.25) is 13.9 Å². The number of amides is 1. The van der Waals surface area contributed by atoms with Crippen LogP contribution in [0.5, 0.6) is 5.75 Å². The number of benzene rings is 2. The van der Waals surface area contributed by atoms with Gasteiger partial charge in [0.05, 0.1) is 16.3 Å². The van der Waals surface area contributed by atoms with Crippen molar-refractivity contribution >= 4 is 53.3 Å². The van der Waals surface area contributed by atoms with Gasteiger partial charge in [0.15, 0.2) is 9.84 Å². The van der Waals surface area contributed by atoms with Gasteiger partial charge in [0.1, 0.15) is 5.75 Å². The third-order valence-corrected chi connectivity index (χ3v) is 11.0. The van der Waals surface area contributed by atoms with E-state index in [1.165, 1.54) is 24.3 Å². The molecule has 0 aromatic heterocycles. The number of hydrogen-bond donors (Lipinski definition) is 4. The summed E-state index contributed by atoms with van der Waals surface area (Å²) in [5, 5.41) is 12.8. The van der Waals surface area contributed by atoms with E-state index in [1.54, 1.807) is 6.07 Å². The highest BCUT2D eigenvalue weighted by Gasteiger charge is 2.55. The lowest BCUT2D eigenvalue weighted by Gasteiger charge is -2.33. The molecule has 0 heterocycles. The molecule has 0 spiro atoms. The zero-order valence-corrected chi connectivity index (χ0v) is 20.2. The normalized spacial score (nSPS) is 18.6. The number of alkyl halides is 1. The van der Waals surface area contributed by atoms with Crippen molar-refractivity contribution in [2.45, 2.75) is 15.4 Å². The van der Waals surface area contributed by atoms with Crippen molar-refractivity contribution in [1.29, 1.82) is 0 Å². The number of fused-ring (bicyclic) bond motifs is 1. The Bertz CT molecular complexity index is 1500. The lowest BCUT2D eigenvalue weighted by Crippen LogP contribution is -2.50. The van der Waals surface area contributed by atoms with Crippen LogP contribution in [0.1, 0.15) is 21.5 Å². The molecule has 1 amide bonds. The predicted molar refractivity (Wildman–Crippen MR) is 122 cm³/mol. The Labute approximate surface area is 200 Å². The highest BCUT2D eigenvalue weighted by molar-refractivity contribution is 8.08. The van der Waals surface area contributed by atoms with Crippen molar-refractivity contribution < 1.29 is 44.3 Å². The van der Waals surface area contributed by atoms with E-state index >= 15 is 0 Å². The minimum atomic E-state index is -5.47. The first-order chi connectivity index (χ1) is 15.6. The smallest absolute Gasteiger partial charge is 0.294 e. The van der Waals surface area contributed by atoms with Crippen molar-refractivity contribution in [3.05, 3.63) is 65.2 Å². The lowest BCUT2D eigenvalue weighted by molar-refractivity contribution is 0.0973.